The van der Waals surface area contributed by atoms with Crippen molar-refractivity contribution in [2.75, 3.05) is 45.9 Å². The largest absolute Gasteiger partial charge is 0.379 e. The summed E-state index contributed by atoms with van der Waals surface area (Å²) in [6.07, 6.45) is 2.26. The number of hydrogen-bond acceptors (Lipinski definition) is 4. The molecule has 1 amide bonds. The first-order valence-electron chi connectivity index (χ1n) is 9.55. The van der Waals surface area contributed by atoms with Crippen LogP contribution in [0.3, 0.4) is 0 Å². The zero-order valence-electron chi connectivity index (χ0n) is 15.8. The van der Waals surface area contributed by atoms with Gasteiger partial charge in [-0.1, -0.05) is 28.1 Å². The number of morpholine rings is 1. The number of ether oxygens (including phenoxy) is 1. The summed E-state index contributed by atoms with van der Waals surface area (Å²) in [4.78, 5) is 17.3. The van der Waals surface area contributed by atoms with Crippen LogP contribution in [0, 0.1) is 0 Å². The average molecular weight is 424 g/mol. The molecule has 2 aliphatic rings. The SMILES string of the molecule is CC(C)(CNC(=O)CN1CCCC1c1cccc(Br)c1)N1CCOCC1. The maximum absolute atomic E-state index is 12.6. The molecule has 5 nitrogen and oxygen atoms in total. The molecule has 2 saturated heterocycles. The van der Waals surface area contributed by atoms with Crippen molar-refractivity contribution >= 4 is 21.8 Å². The summed E-state index contributed by atoms with van der Waals surface area (Å²) in [5.41, 5.74) is 1.24. The predicted molar refractivity (Wildman–Crippen MR) is 107 cm³/mol. The quantitative estimate of drug-likeness (QED) is 0.763. The molecular weight excluding hydrogens is 394 g/mol. The second-order valence-electron chi connectivity index (χ2n) is 7.87. The molecule has 2 heterocycles. The van der Waals surface area contributed by atoms with Crippen LogP contribution in [0.4, 0.5) is 0 Å². The summed E-state index contributed by atoms with van der Waals surface area (Å²) < 4.78 is 6.53. The van der Waals surface area contributed by atoms with Gasteiger partial charge in [-0.3, -0.25) is 14.6 Å². The van der Waals surface area contributed by atoms with Crippen molar-refractivity contribution in [2.24, 2.45) is 0 Å². The van der Waals surface area contributed by atoms with E-state index >= 15 is 0 Å². The van der Waals surface area contributed by atoms with E-state index in [1.807, 2.05) is 6.07 Å². The van der Waals surface area contributed by atoms with E-state index in [9.17, 15) is 4.79 Å². The van der Waals surface area contributed by atoms with Gasteiger partial charge in [0.15, 0.2) is 0 Å². The van der Waals surface area contributed by atoms with E-state index in [-0.39, 0.29) is 11.4 Å². The van der Waals surface area contributed by atoms with Gasteiger partial charge in [0.2, 0.25) is 5.91 Å². The molecule has 144 valence electrons. The van der Waals surface area contributed by atoms with Crippen LogP contribution < -0.4 is 5.32 Å². The molecule has 0 bridgehead atoms. The lowest BCUT2D eigenvalue weighted by molar-refractivity contribution is -0.123. The summed E-state index contributed by atoms with van der Waals surface area (Å²) in [5.74, 6) is 0.119. The van der Waals surface area contributed by atoms with Crippen LogP contribution >= 0.6 is 15.9 Å². The molecule has 0 radical (unpaired) electrons. The van der Waals surface area contributed by atoms with E-state index < -0.39 is 0 Å². The normalized spacial score (nSPS) is 22.5. The summed E-state index contributed by atoms with van der Waals surface area (Å²) in [7, 11) is 0. The Morgan fingerprint density at radius 1 is 1.31 bits per heavy atom. The molecule has 2 aliphatic heterocycles. The number of carbonyl (C=O) groups is 1. The van der Waals surface area contributed by atoms with Gasteiger partial charge < -0.3 is 10.1 Å². The average Bonchev–Trinajstić information content (AvgIpc) is 3.09. The molecular formula is C20H30BrN3O2. The lowest BCUT2D eigenvalue weighted by atomic mass is 10.0. The van der Waals surface area contributed by atoms with Gasteiger partial charge in [-0.05, 0) is 50.9 Å². The number of nitrogens with zero attached hydrogens (tertiary/aromatic N) is 2. The van der Waals surface area contributed by atoms with E-state index in [0.717, 1.165) is 50.2 Å². The molecule has 0 aromatic heterocycles. The Morgan fingerprint density at radius 3 is 2.81 bits per heavy atom. The molecule has 1 atom stereocenters. The molecule has 3 rings (SSSR count). The molecule has 1 aromatic carbocycles. The minimum Gasteiger partial charge on any atom is -0.379 e. The van der Waals surface area contributed by atoms with Crippen molar-refractivity contribution in [2.45, 2.75) is 38.3 Å². The zero-order chi connectivity index (χ0) is 18.6. The van der Waals surface area contributed by atoms with Crippen molar-refractivity contribution < 1.29 is 9.53 Å². The van der Waals surface area contributed by atoms with Gasteiger partial charge in [0.25, 0.3) is 0 Å². The number of benzene rings is 1. The Morgan fingerprint density at radius 2 is 2.08 bits per heavy atom. The van der Waals surface area contributed by atoms with E-state index in [0.29, 0.717) is 19.1 Å². The summed E-state index contributed by atoms with van der Waals surface area (Å²) in [6.45, 7) is 9.92. The Hall–Kier alpha value is -0.950. The fraction of sp³-hybridized carbons (Fsp3) is 0.650. The van der Waals surface area contributed by atoms with Gasteiger partial charge in [0.1, 0.15) is 0 Å². The molecule has 1 N–H and O–H groups in total. The fourth-order valence-electron chi connectivity index (χ4n) is 3.94. The first-order valence-corrected chi connectivity index (χ1v) is 10.3. The minimum absolute atomic E-state index is 0.0475. The zero-order valence-corrected chi connectivity index (χ0v) is 17.4. The van der Waals surface area contributed by atoms with Gasteiger partial charge in [-0.2, -0.15) is 0 Å². The van der Waals surface area contributed by atoms with Gasteiger partial charge in [-0.25, -0.2) is 0 Å². The van der Waals surface area contributed by atoms with E-state index in [4.69, 9.17) is 4.74 Å². The van der Waals surface area contributed by atoms with Crippen LogP contribution in [-0.2, 0) is 9.53 Å². The van der Waals surface area contributed by atoms with Gasteiger partial charge in [-0.15, -0.1) is 0 Å². The topological polar surface area (TPSA) is 44.8 Å². The molecule has 0 spiro atoms. The van der Waals surface area contributed by atoms with E-state index in [1.54, 1.807) is 0 Å². The minimum atomic E-state index is -0.0475. The maximum atomic E-state index is 12.6. The summed E-state index contributed by atoms with van der Waals surface area (Å²) in [6, 6.07) is 8.78. The number of hydrogen-bond donors (Lipinski definition) is 1. The highest BCUT2D eigenvalue weighted by atomic mass is 79.9. The lowest BCUT2D eigenvalue weighted by Crippen LogP contribution is -2.56. The van der Waals surface area contributed by atoms with Crippen LogP contribution in [0.25, 0.3) is 0 Å². The third-order valence-corrected chi connectivity index (χ3v) is 6.02. The molecule has 6 heteroatoms. The maximum Gasteiger partial charge on any atom is 0.234 e. The number of rotatable bonds is 6. The lowest BCUT2D eigenvalue weighted by Gasteiger charge is -2.41. The molecule has 1 unspecified atom stereocenters. The number of amides is 1. The van der Waals surface area contributed by atoms with Crippen LogP contribution in [0.2, 0.25) is 0 Å². The second-order valence-corrected chi connectivity index (χ2v) is 8.79. The van der Waals surface area contributed by atoms with Crippen molar-refractivity contribution in [3.8, 4) is 0 Å². The first-order chi connectivity index (χ1) is 12.5. The highest BCUT2D eigenvalue weighted by Crippen LogP contribution is 2.32. The third-order valence-electron chi connectivity index (χ3n) is 5.53. The van der Waals surface area contributed by atoms with Crippen LogP contribution in [-0.4, -0.2) is 67.2 Å². The standard InChI is InChI=1S/C20H30BrN3O2/c1-20(2,24-9-11-26-12-10-24)15-22-19(25)14-23-8-4-7-18(23)16-5-3-6-17(21)13-16/h3,5-6,13,18H,4,7-12,14-15H2,1-2H3,(H,22,25). The number of nitrogens with one attached hydrogen (secondary N) is 1. The van der Waals surface area contributed by atoms with Crippen molar-refractivity contribution in [3.63, 3.8) is 0 Å². The van der Waals surface area contributed by atoms with E-state index in [1.165, 1.54) is 5.56 Å². The molecule has 0 aliphatic carbocycles. The molecule has 1 aromatic rings. The van der Waals surface area contributed by atoms with E-state index in [2.05, 4.69) is 63.1 Å². The molecule has 26 heavy (non-hydrogen) atoms. The van der Waals surface area contributed by atoms with Gasteiger partial charge >= 0.3 is 0 Å². The Labute approximate surface area is 165 Å². The van der Waals surface area contributed by atoms with Crippen LogP contribution in [0.5, 0.6) is 0 Å². The van der Waals surface area contributed by atoms with Gasteiger partial charge in [0.05, 0.1) is 19.8 Å². The highest BCUT2D eigenvalue weighted by Gasteiger charge is 2.30. The molecule has 0 saturated carbocycles. The monoisotopic (exact) mass is 423 g/mol. The van der Waals surface area contributed by atoms with Crippen LogP contribution in [0.15, 0.2) is 28.7 Å². The third kappa shape index (κ3) is 5.06. The Kier molecular flexibility index (Phi) is 6.72. The van der Waals surface area contributed by atoms with Gasteiger partial charge in [0, 0.05) is 35.7 Å². The molecule has 2 fully saturated rings. The summed E-state index contributed by atoms with van der Waals surface area (Å²) in [5, 5.41) is 3.16. The Balaban J connectivity index is 1.52. The summed E-state index contributed by atoms with van der Waals surface area (Å²) >= 11 is 3.55. The number of likely N-dealkylation sites (tertiary alicyclic amines) is 1. The number of halogens is 1. The number of carbonyl (C=O) groups excluding carboxylic acids is 1. The smallest absolute Gasteiger partial charge is 0.234 e. The van der Waals surface area contributed by atoms with Crippen LogP contribution in [0.1, 0.15) is 38.3 Å². The Bertz CT molecular complexity index is 617. The second kappa shape index (κ2) is 8.83. The van der Waals surface area contributed by atoms with Crippen molar-refractivity contribution in [1.29, 1.82) is 0 Å². The van der Waals surface area contributed by atoms with Crippen molar-refractivity contribution in [1.82, 2.24) is 15.1 Å². The van der Waals surface area contributed by atoms with Crippen molar-refractivity contribution in [3.05, 3.63) is 34.3 Å². The highest BCUT2D eigenvalue weighted by molar-refractivity contribution is 9.10. The fourth-order valence-corrected chi connectivity index (χ4v) is 4.36. The first kappa shape index (κ1) is 19.8. The predicted octanol–water partition coefficient (Wildman–Crippen LogP) is 2.81.